The van der Waals surface area contributed by atoms with Gasteiger partial charge in [0.2, 0.25) is 0 Å². The largest absolute Gasteiger partial charge is 0.381 e. The van der Waals surface area contributed by atoms with Crippen LogP contribution in [0.2, 0.25) is 0 Å². The van der Waals surface area contributed by atoms with Crippen LogP contribution in [0, 0.1) is 0 Å². The highest BCUT2D eigenvalue weighted by atomic mass is 32.2. The van der Waals surface area contributed by atoms with Gasteiger partial charge in [-0.2, -0.15) is 16.1 Å². The number of pyridine rings is 1. The third-order valence-corrected chi connectivity index (χ3v) is 5.99. The monoisotopic (exact) mass is 314 g/mol. The van der Waals surface area contributed by atoms with Crippen molar-refractivity contribution in [1.82, 2.24) is 13.7 Å². The standard InChI is InChI=1S/C12H18N4O2S2/c1-9(8-19-3)15(2)20(17,18)12-11(13)14-10-6-4-5-7-16(10)12/h4-7,9H,8,13H2,1-3H3. The SMILES string of the molecule is CSCC(C)N(C)S(=O)(=O)c1c(N)nc2ccccn12. The lowest BCUT2D eigenvalue weighted by Crippen LogP contribution is -2.37. The van der Waals surface area contributed by atoms with Gasteiger partial charge in [0.15, 0.2) is 10.8 Å². The fourth-order valence-electron chi connectivity index (χ4n) is 1.97. The van der Waals surface area contributed by atoms with Gasteiger partial charge < -0.3 is 5.73 Å². The van der Waals surface area contributed by atoms with Crippen LogP contribution in [0.3, 0.4) is 0 Å². The molecule has 2 aromatic rings. The summed E-state index contributed by atoms with van der Waals surface area (Å²) in [4.78, 5) is 4.10. The first-order valence-electron chi connectivity index (χ1n) is 6.09. The van der Waals surface area contributed by atoms with Crippen LogP contribution in [0.5, 0.6) is 0 Å². The maximum Gasteiger partial charge on any atom is 0.262 e. The zero-order chi connectivity index (χ0) is 14.9. The van der Waals surface area contributed by atoms with Crippen LogP contribution < -0.4 is 5.73 Å². The van der Waals surface area contributed by atoms with Gasteiger partial charge in [0, 0.05) is 25.0 Å². The second-order valence-electron chi connectivity index (χ2n) is 4.56. The average molecular weight is 314 g/mol. The fourth-order valence-corrected chi connectivity index (χ4v) is 4.30. The Morgan fingerprint density at radius 2 is 2.20 bits per heavy atom. The third-order valence-electron chi connectivity index (χ3n) is 3.16. The quantitative estimate of drug-likeness (QED) is 0.899. The maximum absolute atomic E-state index is 12.7. The van der Waals surface area contributed by atoms with Crippen molar-refractivity contribution in [3.8, 4) is 0 Å². The van der Waals surface area contributed by atoms with Gasteiger partial charge in [-0.05, 0) is 25.3 Å². The lowest BCUT2D eigenvalue weighted by atomic mass is 10.4. The first kappa shape index (κ1) is 15.1. The minimum atomic E-state index is -3.68. The van der Waals surface area contributed by atoms with E-state index in [1.807, 2.05) is 13.2 Å². The number of sulfonamides is 1. The van der Waals surface area contributed by atoms with E-state index in [1.54, 1.807) is 43.2 Å². The van der Waals surface area contributed by atoms with E-state index in [0.717, 1.165) is 0 Å². The second kappa shape index (κ2) is 5.63. The highest BCUT2D eigenvalue weighted by molar-refractivity contribution is 7.98. The normalized spacial score (nSPS) is 14.0. The van der Waals surface area contributed by atoms with Crippen molar-refractivity contribution in [2.75, 3.05) is 24.8 Å². The molecule has 0 aliphatic rings. The van der Waals surface area contributed by atoms with Crippen LogP contribution in [0.15, 0.2) is 29.4 Å². The molecule has 110 valence electrons. The number of hydrogen-bond donors (Lipinski definition) is 1. The van der Waals surface area contributed by atoms with Crippen LogP contribution >= 0.6 is 11.8 Å². The third kappa shape index (κ3) is 2.50. The summed E-state index contributed by atoms with van der Waals surface area (Å²) >= 11 is 1.60. The van der Waals surface area contributed by atoms with E-state index < -0.39 is 10.0 Å². The number of fused-ring (bicyclic) bond motifs is 1. The summed E-state index contributed by atoms with van der Waals surface area (Å²) in [7, 11) is -2.11. The van der Waals surface area contributed by atoms with E-state index in [0.29, 0.717) is 11.4 Å². The molecular formula is C12H18N4O2S2. The minimum Gasteiger partial charge on any atom is -0.381 e. The van der Waals surface area contributed by atoms with Gasteiger partial charge in [0.05, 0.1) is 0 Å². The van der Waals surface area contributed by atoms with Crippen molar-refractivity contribution < 1.29 is 8.42 Å². The fraction of sp³-hybridized carbons (Fsp3) is 0.417. The number of nitrogen functional groups attached to an aromatic ring is 1. The van der Waals surface area contributed by atoms with Crippen molar-refractivity contribution >= 4 is 33.3 Å². The predicted molar refractivity (Wildman–Crippen MR) is 82.4 cm³/mol. The molecule has 0 aliphatic carbocycles. The molecule has 2 aromatic heterocycles. The molecule has 2 N–H and O–H groups in total. The van der Waals surface area contributed by atoms with E-state index in [1.165, 1.54) is 8.71 Å². The number of aromatic nitrogens is 2. The average Bonchev–Trinajstić information content (AvgIpc) is 2.74. The second-order valence-corrected chi connectivity index (χ2v) is 7.38. The number of thioether (sulfide) groups is 1. The number of hydrogen-bond acceptors (Lipinski definition) is 5. The molecular weight excluding hydrogens is 296 g/mol. The minimum absolute atomic E-state index is 0.0272. The molecule has 0 aromatic carbocycles. The van der Waals surface area contributed by atoms with Crippen LogP contribution in [-0.4, -0.2) is 47.2 Å². The molecule has 0 bridgehead atoms. The van der Waals surface area contributed by atoms with Gasteiger partial charge in [-0.25, -0.2) is 13.4 Å². The maximum atomic E-state index is 12.7. The van der Waals surface area contributed by atoms with Gasteiger partial charge in [0.25, 0.3) is 10.0 Å². The molecule has 0 saturated carbocycles. The van der Waals surface area contributed by atoms with E-state index in [9.17, 15) is 8.42 Å². The Hall–Kier alpha value is -1.25. The number of anilines is 1. The Balaban J connectivity index is 2.54. The highest BCUT2D eigenvalue weighted by Crippen LogP contribution is 2.24. The first-order chi connectivity index (χ1) is 9.39. The van der Waals surface area contributed by atoms with Gasteiger partial charge in [-0.1, -0.05) is 6.07 Å². The molecule has 0 amide bonds. The highest BCUT2D eigenvalue weighted by Gasteiger charge is 2.30. The van der Waals surface area contributed by atoms with E-state index in [2.05, 4.69) is 4.98 Å². The van der Waals surface area contributed by atoms with Crippen LogP contribution in [0.1, 0.15) is 6.92 Å². The van der Waals surface area contributed by atoms with Crippen molar-refractivity contribution in [2.45, 2.75) is 18.0 Å². The van der Waals surface area contributed by atoms with E-state index >= 15 is 0 Å². The molecule has 6 nitrogen and oxygen atoms in total. The smallest absolute Gasteiger partial charge is 0.262 e. The number of nitrogens with zero attached hydrogens (tertiary/aromatic N) is 3. The zero-order valence-electron chi connectivity index (χ0n) is 11.6. The van der Waals surface area contributed by atoms with Gasteiger partial charge in [0.1, 0.15) is 5.65 Å². The topological polar surface area (TPSA) is 80.7 Å². The number of imidazole rings is 1. The van der Waals surface area contributed by atoms with Crippen molar-refractivity contribution in [2.24, 2.45) is 0 Å². The van der Waals surface area contributed by atoms with E-state index in [4.69, 9.17) is 5.73 Å². The first-order valence-corrected chi connectivity index (χ1v) is 8.92. The Kier molecular flexibility index (Phi) is 4.26. The van der Waals surface area contributed by atoms with Crippen molar-refractivity contribution in [3.63, 3.8) is 0 Å². The van der Waals surface area contributed by atoms with Crippen LogP contribution in [0.25, 0.3) is 5.65 Å². The molecule has 0 radical (unpaired) electrons. The Bertz CT molecular complexity index is 711. The summed E-state index contributed by atoms with van der Waals surface area (Å²) in [6.07, 6.45) is 3.60. The lowest BCUT2D eigenvalue weighted by Gasteiger charge is -2.23. The Labute approximate surface area is 123 Å². The molecule has 1 unspecified atom stereocenters. The molecule has 0 aliphatic heterocycles. The van der Waals surface area contributed by atoms with Crippen LogP contribution in [-0.2, 0) is 10.0 Å². The Morgan fingerprint density at radius 1 is 1.50 bits per heavy atom. The van der Waals surface area contributed by atoms with Gasteiger partial charge in [-0.3, -0.25) is 4.40 Å². The molecule has 0 fully saturated rings. The van der Waals surface area contributed by atoms with Crippen molar-refractivity contribution in [1.29, 1.82) is 0 Å². The predicted octanol–water partition coefficient (Wildman–Crippen LogP) is 1.29. The van der Waals surface area contributed by atoms with Gasteiger partial charge in [-0.15, -0.1) is 0 Å². The lowest BCUT2D eigenvalue weighted by molar-refractivity contribution is 0.413. The molecule has 20 heavy (non-hydrogen) atoms. The summed E-state index contributed by atoms with van der Waals surface area (Å²) in [6.45, 7) is 1.87. The molecule has 8 heteroatoms. The summed E-state index contributed by atoms with van der Waals surface area (Å²) in [5.41, 5.74) is 6.33. The number of nitrogens with two attached hydrogens (primary N) is 1. The summed E-state index contributed by atoms with van der Waals surface area (Å²) in [5, 5.41) is 0.0311. The van der Waals surface area contributed by atoms with Gasteiger partial charge >= 0.3 is 0 Å². The summed E-state index contributed by atoms with van der Waals surface area (Å²) in [5.74, 6) is 0.742. The number of rotatable bonds is 5. The summed E-state index contributed by atoms with van der Waals surface area (Å²) in [6, 6.07) is 5.14. The summed E-state index contributed by atoms with van der Waals surface area (Å²) < 4.78 is 28.3. The molecule has 2 rings (SSSR count). The van der Waals surface area contributed by atoms with Crippen molar-refractivity contribution in [3.05, 3.63) is 24.4 Å². The zero-order valence-corrected chi connectivity index (χ0v) is 13.3. The molecule has 0 spiro atoms. The molecule has 1 atom stereocenters. The van der Waals surface area contributed by atoms with E-state index in [-0.39, 0.29) is 16.9 Å². The van der Waals surface area contributed by atoms with Crippen LogP contribution in [0.4, 0.5) is 5.82 Å². The Morgan fingerprint density at radius 3 is 2.85 bits per heavy atom. The molecule has 2 heterocycles. The molecule has 0 saturated heterocycles.